The molecule has 2 aliphatic rings. The highest BCUT2D eigenvalue weighted by molar-refractivity contribution is 7.45. The SMILES string of the molecule is CCCCCCCCCCCCCCCCCCCCCC(=O)N[C@@H](CO[C@@H]1O[C@H](CO[C@@H]2O[C@H](COP(=O)([O-])OCC[N+](C)(C)C)[C@H](OC(C)=O)[C@H](OC(C)=O)[C@H]2OC(C)=O)[C@H](OC(C)=O)[C@H](OC(C)=O)[C@H]1OC(C)=O)[C@@H](/C=C/CCCCCCCCCCC(C)C)OC(C)=O. The first kappa shape index (κ1) is 88.5. The Morgan fingerprint density at radius 3 is 1.28 bits per heavy atom. The standard InChI is InChI=1S/C71H125N2O23P/c1-14-15-16-17-18-19-20-21-22-23-24-25-26-27-28-33-36-39-42-45-63(81)72-59(60(88-52(4)74)44-41-38-35-32-30-29-31-34-37-40-43-51(2)3)48-84-70-68(93-57(9)79)66(91-55(7)77)64(89-53(5)75)61(95-70)49-85-71-69(94-58(10)80)67(92-56(8)78)65(90-54(6)76)62(96-71)50-87-97(82,83)86-47-46-73(11,12)13/h41,44,51,59-62,64-71H,14-40,42-43,45-50H2,1-13H3,(H-,72,81,82,83)/b44-41+/t59-,60+,61+,62+,64-,65-,66-,67-,68+,69+,70+,71+/m0/s1. The number of nitrogens with zero attached hydrogens (tertiary/aromatic N) is 1. The summed E-state index contributed by atoms with van der Waals surface area (Å²) >= 11 is 0. The van der Waals surface area contributed by atoms with Crippen LogP contribution in [0.25, 0.3) is 0 Å². The molecule has 1 unspecified atom stereocenters. The quantitative estimate of drug-likeness (QED) is 0.0148. The maximum atomic E-state index is 14.0. The molecular weight excluding hydrogens is 1280 g/mol. The summed E-state index contributed by atoms with van der Waals surface area (Å²) in [5.74, 6) is -5.95. The zero-order valence-electron chi connectivity index (χ0n) is 61.2. The Kier molecular flexibility index (Phi) is 46.2. The first-order valence-corrected chi connectivity index (χ1v) is 37.6. The van der Waals surface area contributed by atoms with E-state index in [2.05, 4.69) is 26.1 Å². The van der Waals surface area contributed by atoms with Crippen LogP contribution in [0.15, 0.2) is 12.2 Å². The second-order valence-corrected chi connectivity index (χ2v) is 28.8. The van der Waals surface area contributed by atoms with E-state index in [9.17, 15) is 47.8 Å². The summed E-state index contributed by atoms with van der Waals surface area (Å²) in [5, 5.41) is 3.01. The zero-order chi connectivity index (χ0) is 72.2. The number of ether oxygens (including phenoxy) is 11. The third kappa shape index (κ3) is 42.3. The van der Waals surface area contributed by atoms with Gasteiger partial charge in [0, 0.05) is 54.9 Å². The smallest absolute Gasteiger partial charge is 0.303 e. The van der Waals surface area contributed by atoms with Gasteiger partial charge in [-0.05, 0) is 31.3 Å². The van der Waals surface area contributed by atoms with Gasteiger partial charge in [0.1, 0.15) is 31.5 Å². The molecule has 0 aromatic rings. The fourth-order valence-corrected chi connectivity index (χ4v) is 12.4. The molecule has 2 aliphatic heterocycles. The number of hydrogen-bond donors (Lipinski definition) is 1. The van der Waals surface area contributed by atoms with Gasteiger partial charge in [0.2, 0.25) is 5.91 Å². The molecule has 0 bridgehead atoms. The van der Waals surface area contributed by atoms with E-state index in [1.807, 2.05) is 27.2 Å². The molecule has 0 aromatic heterocycles. The summed E-state index contributed by atoms with van der Waals surface area (Å²) in [6.45, 7) is 12.0. The van der Waals surface area contributed by atoms with Crippen molar-refractivity contribution in [2.24, 2.45) is 5.92 Å². The van der Waals surface area contributed by atoms with Gasteiger partial charge in [0.05, 0.1) is 47.0 Å². The average Bonchev–Trinajstić information content (AvgIpc) is 0.794. The van der Waals surface area contributed by atoms with Crippen LogP contribution < -0.4 is 10.2 Å². The van der Waals surface area contributed by atoms with Crippen molar-refractivity contribution in [2.75, 3.05) is 54.1 Å². The zero-order valence-corrected chi connectivity index (χ0v) is 62.1. The Balaban J connectivity index is 2.49. The number of esters is 7. The highest BCUT2D eigenvalue weighted by atomic mass is 31.2. The monoisotopic (exact) mass is 1400 g/mol. The van der Waals surface area contributed by atoms with Gasteiger partial charge >= 0.3 is 41.8 Å². The summed E-state index contributed by atoms with van der Waals surface area (Å²) in [6.07, 6.45) is 19.0. The number of carbonyl (C=O) groups excluding carboxylic acids is 8. The van der Waals surface area contributed by atoms with Gasteiger partial charge in [-0.25, -0.2) is 0 Å². The van der Waals surface area contributed by atoms with Crippen molar-refractivity contribution in [3.63, 3.8) is 0 Å². The van der Waals surface area contributed by atoms with E-state index >= 15 is 0 Å². The number of likely N-dealkylation sites (N-methyl/N-ethyl adjacent to an activating group) is 1. The molecule has 2 fully saturated rings. The Hall–Kier alpha value is -4.59. The van der Waals surface area contributed by atoms with Crippen LogP contribution in [0.3, 0.4) is 0 Å². The Labute approximate surface area is 579 Å². The minimum atomic E-state index is -5.11. The van der Waals surface area contributed by atoms with E-state index in [0.717, 1.165) is 92.9 Å². The topological polar surface area (TPSA) is 309 Å². The molecule has 0 saturated carbocycles. The van der Waals surface area contributed by atoms with Crippen molar-refractivity contribution < 1.29 is 113 Å². The van der Waals surface area contributed by atoms with E-state index in [4.69, 9.17) is 61.2 Å². The van der Waals surface area contributed by atoms with Crippen LogP contribution in [0.5, 0.6) is 0 Å². The minimum absolute atomic E-state index is 0.142. The molecule has 0 aromatic carbocycles. The number of rotatable bonds is 54. The molecule has 13 atom stereocenters. The van der Waals surface area contributed by atoms with E-state index in [-0.39, 0.29) is 25.5 Å². The van der Waals surface area contributed by atoms with Crippen LogP contribution in [0.2, 0.25) is 0 Å². The maximum Gasteiger partial charge on any atom is 0.303 e. The largest absolute Gasteiger partial charge is 0.756 e. The average molecular weight is 1410 g/mol. The van der Waals surface area contributed by atoms with Gasteiger partial charge in [-0.15, -0.1) is 0 Å². The molecule has 562 valence electrons. The van der Waals surface area contributed by atoms with E-state index in [1.165, 1.54) is 129 Å². The highest BCUT2D eigenvalue weighted by Gasteiger charge is 2.56. The number of carbonyl (C=O) groups is 8. The molecule has 2 saturated heterocycles. The number of phosphoric ester groups is 1. The lowest BCUT2D eigenvalue weighted by Gasteiger charge is -2.46. The predicted molar refractivity (Wildman–Crippen MR) is 361 cm³/mol. The van der Waals surface area contributed by atoms with Gasteiger partial charge < -0.3 is 75.8 Å². The van der Waals surface area contributed by atoms with Crippen molar-refractivity contribution in [2.45, 2.75) is 335 Å². The normalized spacial score (nSPS) is 22.4. The Morgan fingerprint density at radius 1 is 0.485 bits per heavy atom. The second kappa shape index (κ2) is 50.7. The van der Waals surface area contributed by atoms with Crippen LogP contribution in [-0.4, -0.2) is 180 Å². The molecule has 2 rings (SSSR count). The number of amides is 1. The summed E-state index contributed by atoms with van der Waals surface area (Å²) in [7, 11) is 0.324. The molecule has 1 amide bonds. The fraction of sp³-hybridized carbons (Fsp3) is 0.859. The lowest BCUT2D eigenvalue weighted by atomic mass is 9.97. The minimum Gasteiger partial charge on any atom is -0.756 e. The van der Waals surface area contributed by atoms with Gasteiger partial charge in [-0.3, -0.25) is 42.9 Å². The molecular formula is C71H125N2O23P. The second-order valence-electron chi connectivity index (χ2n) is 27.4. The van der Waals surface area contributed by atoms with Crippen molar-refractivity contribution in [3.05, 3.63) is 12.2 Å². The molecule has 1 N–H and O–H groups in total. The first-order chi connectivity index (χ1) is 46.0. The van der Waals surface area contributed by atoms with Crippen molar-refractivity contribution >= 4 is 55.5 Å². The molecule has 97 heavy (non-hydrogen) atoms. The van der Waals surface area contributed by atoms with Crippen LogP contribution in [0.1, 0.15) is 262 Å². The summed E-state index contributed by atoms with van der Waals surface area (Å²) < 4.78 is 89.0. The van der Waals surface area contributed by atoms with Crippen LogP contribution in [0, 0.1) is 5.92 Å². The maximum absolute atomic E-state index is 14.0. The van der Waals surface area contributed by atoms with Crippen LogP contribution >= 0.6 is 7.82 Å². The number of hydrogen-bond acceptors (Lipinski definition) is 23. The number of allylic oxidation sites excluding steroid dienone is 1. The summed E-state index contributed by atoms with van der Waals surface area (Å²) in [6, 6.07) is -1.10. The Morgan fingerprint density at radius 2 is 0.866 bits per heavy atom. The van der Waals surface area contributed by atoms with Gasteiger partial charge in [-0.1, -0.05) is 194 Å². The lowest BCUT2D eigenvalue weighted by Crippen LogP contribution is -2.65. The summed E-state index contributed by atoms with van der Waals surface area (Å²) in [4.78, 5) is 117. The molecule has 25 nitrogen and oxygen atoms in total. The summed E-state index contributed by atoms with van der Waals surface area (Å²) in [5.41, 5.74) is 0. The molecule has 0 aliphatic carbocycles. The fourth-order valence-electron chi connectivity index (χ4n) is 11.7. The predicted octanol–water partition coefficient (Wildman–Crippen LogP) is 11.6. The number of phosphoric acid groups is 1. The van der Waals surface area contributed by atoms with Crippen LogP contribution in [-0.2, 0) is 104 Å². The van der Waals surface area contributed by atoms with Crippen molar-refractivity contribution in [1.29, 1.82) is 0 Å². The Bertz CT molecular complexity index is 2330. The molecule has 0 radical (unpaired) electrons. The molecule has 0 spiro atoms. The third-order valence-corrected chi connectivity index (χ3v) is 17.5. The number of nitrogens with one attached hydrogen (secondary N) is 1. The van der Waals surface area contributed by atoms with Crippen LogP contribution in [0.4, 0.5) is 0 Å². The first-order valence-electron chi connectivity index (χ1n) is 36.1. The third-order valence-electron chi connectivity index (χ3n) is 16.5. The van der Waals surface area contributed by atoms with Gasteiger partial charge in [0.15, 0.2) is 49.2 Å². The van der Waals surface area contributed by atoms with Gasteiger partial charge in [0.25, 0.3) is 7.82 Å². The highest BCUT2D eigenvalue weighted by Crippen LogP contribution is 2.41. The number of quaternary nitrogens is 1. The van der Waals surface area contributed by atoms with E-state index in [0.29, 0.717) is 23.2 Å². The van der Waals surface area contributed by atoms with Gasteiger partial charge in [-0.2, -0.15) is 0 Å². The van der Waals surface area contributed by atoms with Crippen molar-refractivity contribution in [3.8, 4) is 0 Å². The lowest BCUT2D eigenvalue weighted by molar-refractivity contribution is -0.870. The number of unbranched alkanes of at least 4 members (excludes halogenated alkanes) is 26. The molecule has 26 heteroatoms. The van der Waals surface area contributed by atoms with Crippen molar-refractivity contribution in [1.82, 2.24) is 5.32 Å². The van der Waals surface area contributed by atoms with E-state index < -0.39 is 143 Å². The van der Waals surface area contributed by atoms with E-state index in [1.54, 1.807) is 6.08 Å². The molecule has 2 heterocycles.